The number of carbonyl (C=O) groups excluding carboxylic acids is 1. The molecule has 1 amide bonds. The minimum absolute atomic E-state index is 0.0259. The maximum Gasteiger partial charge on any atom is 0.416 e. The molecule has 0 aromatic heterocycles. The highest BCUT2D eigenvalue weighted by Crippen LogP contribution is 2.31. The number of hydrogen-bond acceptors (Lipinski definition) is 2. The van der Waals surface area contributed by atoms with E-state index in [4.69, 9.17) is 0 Å². The van der Waals surface area contributed by atoms with Crippen LogP contribution in [0.1, 0.15) is 21.5 Å². The zero-order chi connectivity index (χ0) is 22.9. The molecule has 0 spiro atoms. The summed E-state index contributed by atoms with van der Waals surface area (Å²) in [6, 6.07) is 19.6. The number of aliphatic carboxylic acids is 1. The lowest BCUT2D eigenvalue weighted by atomic mass is 9.92. The van der Waals surface area contributed by atoms with Crippen molar-refractivity contribution >= 4 is 33.4 Å². The first-order valence-corrected chi connectivity index (χ1v) is 9.84. The van der Waals surface area contributed by atoms with E-state index >= 15 is 0 Å². The third-order valence-corrected chi connectivity index (χ3v) is 5.35. The molecular formula is C25H18F3NO3. The number of carboxylic acid groups (broad SMARTS) is 1. The molecule has 4 aromatic carbocycles. The van der Waals surface area contributed by atoms with Crippen LogP contribution in [0.15, 0.2) is 78.9 Å². The molecule has 0 radical (unpaired) electrons. The Bertz CT molecular complexity index is 1280. The fourth-order valence-corrected chi connectivity index (χ4v) is 3.81. The molecule has 1 atom stereocenters. The number of rotatable bonds is 5. The van der Waals surface area contributed by atoms with Gasteiger partial charge in [0.2, 0.25) is 0 Å². The van der Waals surface area contributed by atoms with Crippen LogP contribution < -0.4 is 5.32 Å². The lowest BCUT2D eigenvalue weighted by Crippen LogP contribution is -2.42. The molecule has 0 fully saturated rings. The summed E-state index contributed by atoms with van der Waals surface area (Å²) in [6.45, 7) is 0. The van der Waals surface area contributed by atoms with E-state index in [1.165, 1.54) is 6.07 Å². The quantitative estimate of drug-likeness (QED) is 0.409. The highest BCUT2D eigenvalue weighted by atomic mass is 19.4. The Hall–Kier alpha value is -3.87. The molecule has 0 saturated heterocycles. The molecule has 0 unspecified atom stereocenters. The molecule has 0 saturated carbocycles. The van der Waals surface area contributed by atoms with Crippen molar-refractivity contribution in [2.75, 3.05) is 0 Å². The molecule has 4 aromatic rings. The number of fused-ring (bicyclic) bond motifs is 2. The molecule has 162 valence electrons. The Morgan fingerprint density at radius 1 is 0.844 bits per heavy atom. The molecule has 0 aliphatic carbocycles. The van der Waals surface area contributed by atoms with Crippen molar-refractivity contribution in [3.8, 4) is 0 Å². The Kier molecular flexibility index (Phi) is 5.57. The summed E-state index contributed by atoms with van der Waals surface area (Å²) in [4.78, 5) is 24.6. The van der Waals surface area contributed by atoms with Crippen molar-refractivity contribution in [2.45, 2.75) is 18.6 Å². The first-order chi connectivity index (χ1) is 15.2. The number of carboxylic acids is 1. The van der Waals surface area contributed by atoms with Gasteiger partial charge < -0.3 is 10.4 Å². The largest absolute Gasteiger partial charge is 0.480 e. The van der Waals surface area contributed by atoms with Gasteiger partial charge in [-0.15, -0.1) is 0 Å². The highest BCUT2D eigenvalue weighted by molar-refractivity contribution is 6.03. The summed E-state index contributed by atoms with van der Waals surface area (Å²) >= 11 is 0. The monoisotopic (exact) mass is 437 g/mol. The molecule has 0 heterocycles. The van der Waals surface area contributed by atoms with Crippen molar-refractivity contribution in [1.82, 2.24) is 5.32 Å². The zero-order valence-electron chi connectivity index (χ0n) is 16.7. The Balaban J connectivity index is 1.70. The van der Waals surface area contributed by atoms with Gasteiger partial charge in [-0.3, -0.25) is 4.79 Å². The third-order valence-electron chi connectivity index (χ3n) is 5.35. The Morgan fingerprint density at radius 2 is 1.44 bits per heavy atom. The van der Waals surface area contributed by atoms with Crippen molar-refractivity contribution in [3.63, 3.8) is 0 Å². The number of benzene rings is 4. The van der Waals surface area contributed by atoms with E-state index in [0.717, 1.165) is 39.2 Å². The van der Waals surface area contributed by atoms with Crippen LogP contribution in [0, 0.1) is 0 Å². The average molecular weight is 437 g/mol. The molecule has 0 aliphatic heterocycles. The van der Waals surface area contributed by atoms with Crippen LogP contribution >= 0.6 is 0 Å². The SMILES string of the molecule is O=C(N[C@H](Cc1c2ccccc2cc2ccccc12)C(=O)O)c1cccc(C(F)(F)F)c1. The molecule has 0 aliphatic rings. The van der Waals surface area contributed by atoms with Gasteiger partial charge in [0.05, 0.1) is 5.56 Å². The van der Waals surface area contributed by atoms with Crippen LogP contribution in [-0.4, -0.2) is 23.0 Å². The highest BCUT2D eigenvalue weighted by Gasteiger charge is 2.31. The van der Waals surface area contributed by atoms with E-state index in [0.29, 0.717) is 6.07 Å². The third kappa shape index (κ3) is 4.27. The van der Waals surface area contributed by atoms with E-state index < -0.39 is 29.7 Å². The summed E-state index contributed by atoms with van der Waals surface area (Å²) in [5, 5.41) is 15.7. The van der Waals surface area contributed by atoms with E-state index in [9.17, 15) is 27.9 Å². The van der Waals surface area contributed by atoms with E-state index in [1.54, 1.807) is 0 Å². The topological polar surface area (TPSA) is 66.4 Å². The van der Waals surface area contributed by atoms with E-state index in [-0.39, 0.29) is 12.0 Å². The summed E-state index contributed by atoms with van der Waals surface area (Å²) in [5.41, 5.74) is -0.485. The van der Waals surface area contributed by atoms with Crippen LogP contribution in [-0.2, 0) is 17.4 Å². The predicted molar refractivity (Wildman–Crippen MR) is 115 cm³/mol. The van der Waals surface area contributed by atoms with Crippen molar-refractivity contribution < 1.29 is 27.9 Å². The molecule has 7 heteroatoms. The summed E-state index contributed by atoms with van der Waals surface area (Å²) in [7, 11) is 0. The van der Waals surface area contributed by atoms with E-state index in [1.807, 2.05) is 54.6 Å². The Labute approximate surface area is 181 Å². The molecule has 0 bridgehead atoms. The molecular weight excluding hydrogens is 419 g/mol. The van der Waals surface area contributed by atoms with Gasteiger partial charge in [-0.05, 0) is 51.4 Å². The summed E-state index contributed by atoms with van der Waals surface area (Å²) in [5.74, 6) is -2.16. The molecule has 2 N–H and O–H groups in total. The number of nitrogens with one attached hydrogen (secondary N) is 1. The van der Waals surface area contributed by atoms with Crippen LogP contribution in [0.25, 0.3) is 21.5 Å². The van der Waals surface area contributed by atoms with Crippen LogP contribution in [0.2, 0.25) is 0 Å². The maximum atomic E-state index is 13.0. The minimum atomic E-state index is -4.61. The fraction of sp³-hybridized carbons (Fsp3) is 0.120. The molecule has 4 nitrogen and oxygen atoms in total. The summed E-state index contributed by atoms with van der Waals surface area (Å²) in [6.07, 6.45) is -4.63. The second kappa shape index (κ2) is 8.34. The number of hydrogen-bond donors (Lipinski definition) is 2. The van der Waals surface area contributed by atoms with Crippen LogP contribution in [0.3, 0.4) is 0 Å². The van der Waals surface area contributed by atoms with Crippen molar-refractivity contribution in [1.29, 1.82) is 0 Å². The van der Waals surface area contributed by atoms with Gasteiger partial charge >= 0.3 is 12.1 Å². The van der Waals surface area contributed by atoms with Crippen LogP contribution in [0.4, 0.5) is 13.2 Å². The molecule has 4 rings (SSSR count). The number of amides is 1. The standard InChI is InChI=1S/C25H18F3NO3/c26-25(27,28)18-9-5-8-17(13-18)23(30)29-22(24(31)32)14-21-19-10-3-1-6-15(19)12-16-7-2-4-11-20(16)21/h1-13,22H,14H2,(H,29,30)(H,31,32)/t22-/m1/s1. The first-order valence-electron chi connectivity index (χ1n) is 9.84. The normalized spacial score (nSPS) is 12.6. The number of halogens is 3. The number of alkyl halides is 3. The van der Waals surface area contributed by atoms with Gasteiger partial charge in [-0.2, -0.15) is 13.2 Å². The maximum absolute atomic E-state index is 13.0. The van der Waals surface area contributed by atoms with Gasteiger partial charge in [0, 0.05) is 12.0 Å². The van der Waals surface area contributed by atoms with Gasteiger partial charge in [0.25, 0.3) is 5.91 Å². The van der Waals surface area contributed by atoms with Crippen LogP contribution in [0.5, 0.6) is 0 Å². The molecule has 32 heavy (non-hydrogen) atoms. The second-order valence-corrected chi connectivity index (χ2v) is 7.44. The smallest absolute Gasteiger partial charge is 0.416 e. The van der Waals surface area contributed by atoms with E-state index in [2.05, 4.69) is 5.32 Å². The summed E-state index contributed by atoms with van der Waals surface area (Å²) < 4.78 is 38.9. The van der Waals surface area contributed by atoms with Crippen molar-refractivity contribution in [2.24, 2.45) is 0 Å². The van der Waals surface area contributed by atoms with Gasteiger partial charge in [0.1, 0.15) is 6.04 Å². The minimum Gasteiger partial charge on any atom is -0.480 e. The second-order valence-electron chi connectivity index (χ2n) is 7.44. The zero-order valence-corrected chi connectivity index (χ0v) is 16.7. The Morgan fingerprint density at radius 3 is 2.00 bits per heavy atom. The van der Waals surface area contributed by atoms with Crippen molar-refractivity contribution in [3.05, 3.63) is 95.6 Å². The lowest BCUT2D eigenvalue weighted by molar-refractivity contribution is -0.139. The van der Waals surface area contributed by atoms with Gasteiger partial charge in [-0.25, -0.2) is 4.79 Å². The first kappa shape index (κ1) is 21.4. The number of carbonyl (C=O) groups is 2. The predicted octanol–water partition coefficient (Wildman–Crippen LogP) is 5.44. The fourth-order valence-electron chi connectivity index (χ4n) is 3.81. The lowest BCUT2D eigenvalue weighted by Gasteiger charge is -2.18. The van der Waals surface area contributed by atoms with Gasteiger partial charge in [0.15, 0.2) is 0 Å². The van der Waals surface area contributed by atoms with Gasteiger partial charge in [-0.1, -0.05) is 54.6 Å². The average Bonchev–Trinajstić information content (AvgIpc) is 2.77.